The number of halogens is 6. The third-order valence-electron chi connectivity index (χ3n) is 2.76. The molecule has 116 valence electrons. The Balaban J connectivity index is 2.62. The second-order valence-corrected chi connectivity index (χ2v) is 4.34. The molecule has 2 rings (SSSR count). The maximum absolute atomic E-state index is 13.1. The van der Waals surface area contributed by atoms with E-state index in [4.69, 9.17) is 0 Å². The van der Waals surface area contributed by atoms with Gasteiger partial charge in [-0.25, -0.2) is 4.99 Å². The van der Waals surface area contributed by atoms with Crippen LogP contribution in [0.15, 0.2) is 59.6 Å². The summed E-state index contributed by atoms with van der Waals surface area (Å²) >= 11 is 0. The lowest BCUT2D eigenvalue weighted by Crippen LogP contribution is -2.24. The molecule has 0 unspecified atom stereocenters. The van der Waals surface area contributed by atoms with Gasteiger partial charge in [-0.1, -0.05) is 42.5 Å². The first-order valence-corrected chi connectivity index (χ1v) is 6.07. The molecule has 0 aliphatic rings. The van der Waals surface area contributed by atoms with Crippen LogP contribution in [0.2, 0.25) is 0 Å². The smallest absolute Gasteiger partial charge is 0.243 e. The fourth-order valence-corrected chi connectivity index (χ4v) is 1.82. The topological polar surface area (TPSA) is 12.4 Å². The number of hydrogen-bond acceptors (Lipinski definition) is 1. The van der Waals surface area contributed by atoms with Crippen LogP contribution in [0.5, 0.6) is 0 Å². The fourth-order valence-electron chi connectivity index (χ4n) is 1.82. The molecule has 0 bridgehead atoms. The Morgan fingerprint density at radius 2 is 1.27 bits per heavy atom. The predicted molar refractivity (Wildman–Crippen MR) is 70.1 cm³/mol. The summed E-state index contributed by atoms with van der Waals surface area (Å²) in [5.41, 5.74) is -3.66. The van der Waals surface area contributed by atoms with Gasteiger partial charge in [-0.05, 0) is 12.1 Å². The zero-order valence-corrected chi connectivity index (χ0v) is 10.9. The van der Waals surface area contributed by atoms with Gasteiger partial charge in [0.2, 0.25) is 0 Å². The highest BCUT2D eigenvalue weighted by atomic mass is 19.4. The number of alkyl halides is 6. The summed E-state index contributed by atoms with van der Waals surface area (Å²) in [4.78, 5) is 3.24. The monoisotopic (exact) mass is 317 g/mol. The second kappa shape index (κ2) is 5.82. The van der Waals surface area contributed by atoms with E-state index >= 15 is 0 Å². The molecule has 22 heavy (non-hydrogen) atoms. The van der Waals surface area contributed by atoms with Crippen LogP contribution < -0.4 is 0 Å². The van der Waals surface area contributed by atoms with Crippen LogP contribution in [0, 0.1) is 0 Å². The SMILES string of the molecule is FC(F)(F)C(=Nc1ccccc1C(F)(F)F)c1ccccc1. The Labute approximate surface area is 121 Å². The number of benzene rings is 2. The van der Waals surface area contributed by atoms with Crippen molar-refractivity contribution < 1.29 is 26.3 Å². The minimum absolute atomic E-state index is 0.299. The molecule has 7 heteroatoms. The van der Waals surface area contributed by atoms with Crippen LogP contribution in [0.3, 0.4) is 0 Å². The number of rotatable bonds is 2. The highest BCUT2D eigenvalue weighted by Crippen LogP contribution is 2.37. The first-order valence-electron chi connectivity index (χ1n) is 6.07. The van der Waals surface area contributed by atoms with E-state index in [2.05, 4.69) is 4.99 Å². The van der Waals surface area contributed by atoms with Gasteiger partial charge in [0.25, 0.3) is 0 Å². The molecular weight excluding hydrogens is 308 g/mol. The van der Waals surface area contributed by atoms with E-state index in [9.17, 15) is 26.3 Å². The quantitative estimate of drug-likeness (QED) is 0.520. The van der Waals surface area contributed by atoms with E-state index in [-0.39, 0.29) is 5.56 Å². The molecule has 2 aromatic carbocycles. The second-order valence-electron chi connectivity index (χ2n) is 4.34. The lowest BCUT2D eigenvalue weighted by Gasteiger charge is -2.13. The van der Waals surface area contributed by atoms with Crippen LogP contribution >= 0.6 is 0 Å². The lowest BCUT2D eigenvalue weighted by atomic mass is 10.1. The Hall–Kier alpha value is -2.31. The average Bonchev–Trinajstić information content (AvgIpc) is 2.44. The Morgan fingerprint density at radius 1 is 0.727 bits per heavy atom. The molecule has 0 N–H and O–H groups in total. The summed E-state index contributed by atoms with van der Waals surface area (Å²) in [6.07, 6.45) is -9.66. The number of hydrogen-bond donors (Lipinski definition) is 0. The largest absolute Gasteiger partial charge is 0.433 e. The summed E-state index contributed by atoms with van der Waals surface area (Å²) in [5, 5.41) is 0. The van der Waals surface area contributed by atoms with E-state index in [0.717, 1.165) is 24.3 Å². The van der Waals surface area contributed by atoms with Gasteiger partial charge >= 0.3 is 12.4 Å². The minimum Gasteiger partial charge on any atom is -0.243 e. The molecule has 0 saturated heterocycles. The predicted octanol–water partition coefficient (Wildman–Crippen LogP) is 5.39. The Bertz CT molecular complexity index is 670. The Morgan fingerprint density at radius 3 is 1.82 bits per heavy atom. The van der Waals surface area contributed by atoms with Crippen molar-refractivity contribution in [3.63, 3.8) is 0 Å². The van der Waals surface area contributed by atoms with Gasteiger partial charge in [0.05, 0.1) is 11.3 Å². The molecule has 0 atom stereocenters. The van der Waals surface area contributed by atoms with Gasteiger partial charge < -0.3 is 0 Å². The molecule has 0 radical (unpaired) electrons. The standard InChI is InChI=1S/C15H9F6N/c16-14(17,18)11-8-4-5-9-12(11)22-13(15(19,20)21)10-6-2-1-3-7-10/h1-9H. The highest BCUT2D eigenvalue weighted by Gasteiger charge is 2.38. The van der Waals surface area contributed by atoms with Gasteiger partial charge in [-0.15, -0.1) is 0 Å². The molecule has 2 aromatic rings. The van der Waals surface area contributed by atoms with Crippen LogP contribution in [-0.4, -0.2) is 11.9 Å². The van der Waals surface area contributed by atoms with E-state index < -0.39 is 29.3 Å². The molecule has 0 fully saturated rings. The van der Waals surface area contributed by atoms with E-state index in [1.165, 1.54) is 24.3 Å². The zero-order chi connectivity index (χ0) is 16.4. The van der Waals surface area contributed by atoms with Crippen molar-refractivity contribution in [1.29, 1.82) is 0 Å². The number of para-hydroxylation sites is 1. The molecule has 0 amide bonds. The summed E-state index contributed by atoms with van der Waals surface area (Å²) in [5.74, 6) is 0. The van der Waals surface area contributed by atoms with Gasteiger partial charge in [0, 0.05) is 5.56 Å². The third kappa shape index (κ3) is 3.66. The van der Waals surface area contributed by atoms with Crippen molar-refractivity contribution in [3.05, 3.63) is 65.7 Å². The molecule has 1 nitrogen and oxygen atoms in total. The number of aliphatic imine (C=N–C) groups is 1. The molecule has 0 aliphatic heterocycles. The van der Waals surface area contributed by atoms with Crippen molar-refractivity contribution in [2.75, 3.05) is 0 Å². The van der Waals surface area contributed by atoms with Gasteiger partial charge in [0.1, 0.15) is 0 Å². The first-order chi connectivity index (χ1) is 10.2. The zero-order valence-electron chi connectivity index (χ0n) is 10.9. The van der Waals surface area contributed by atoms with Crippen LogP contribution in [0.4, 0.5) is 32.0 Å². The molecule has 0 saturated carbocycles. The fraction of sp³-hybridized carbons (Fsp3) is 0.133. The summed E-state index contributed by atoms with van der Waals surface area (Å²) in [6, 6.07) is 10.4. The van der Waals surface area contributed by atoms with Gasteiger partial charge in [0.15, 0.2) is 5.71 Å². The van der Waals surface area contributed by atoms with Crippen molar-refractivity contribution >= 4 is 11.4 Å². The van der Waals surface area contributed by atoms with E-state index in [1.807, 2.05) is 0 Å². The molecule has 0 spiro atoms. The van der Waals surface area contributed by atoms with Crippen LogP contribution in [-0.2, 0) is 6.18 Å². The third-order valence-corrected chi connectivity index (χ3v) is 2.76. The van der Waals surface area contributed by atoms with Crippen LogP contribution in [0.25, 0.3) is 0 Å². The molecular formula is C15H9F6N. The van der Waals surface area contributed by atoms with Crippen LogP contribution in [0.1, 0.15) is 11.1 Å². The maximum atomic E-state index is 13.1. The van der Waals surface area contributed by atoms with E-state index in [1.54, 1.807) is 0 Å². The Kier molecular flexibility index (Phi) is 4.25. The molecule has 0 aromatic heterocycles. The maximum Gasteiger partial charge on any atom is 0.433 e. The van der Waals surface area contributed by atoms with Crippen molar-refractivity contribution in [3.8, 4) is 0 Å². The normalized spacial score (nSPS) is 13.3. The van der Waals surface area contributed by atoms with E-state index in [0.29, 0.717) is 6.07 Å². The number of nitrogens with zero attached hydrogens (tertiary/aromatic N) is 1. The average molecular weight is 317 g/mol. The molecule has 0 aliphatic carbocycles. The van der Waals surface area contributed by atoms with Crippen molar-refractivity contribution in [2.24, 2.45) is 4.99 Å². The summed E-state index contributed by atoms with van der Waals surface area (Å²) in [6.45, 7) is 0. The van der Waals surface area contributed by atoms with Gasteiger partial charge in [-0.3, -0.25) is 0 Å². The summed E-state index contributed by atoms with van der Waals surface area (Å²) < 4.78 is 77.9. The molecule has 0 heterocycles. The van der Waals surface area contributed by atoms with Crippen molar-refractivity contribution in [1.82, 2.24) is 0 Å². The van der Waals surface area contributed by atoms with Gasteiger partial charge in [-0.2, -0.15) is 26.3 Å². The first kappa shape index (κ1) is 16.1. The summed E-state index contributed by atoms with van der Waals surface area (Å²) in [7, 11) is 0. The lowest BCUT2D eigenvalue weighted by molar-refractivity contribution is -0.137. The van der Waals surface area contributed by atoms with Crippen molar-refractivity contribution in [2.45, 2.75) is 12.4 Å². The highest BCUT2D eigenvalue weighted by molar-refractivity contribution is 6.06. The minimum atomic E-state index is -4.87.